The first-order valence-electron chi connectivity index (χ1n) is 8.61. The van der Waals surface area contributed by atoms with Crippen LogP contribution in [0.3, 0.4) is 0 Å². The Hall–Kier alpha value is -2.83. The van der Waals surface area contributed by atoms with Crippen molar-refractivity contribution in [3.63, 3.8) is 0 Å². The monoisotopic (exact) mass is 357 g/mol. The van der Waals surface area contributed by atoms with Crippen LogP contribution < -0.4 is 4.74 Å². The van der Waals surface area contributed by atoms with Gasteiger partial charge in [0.1, 0.15) is 5.75 Å². The maximum absolute atomic E-state index is 12.6. The molecule has 0 aliphatic carbocycles. The number of fused-ring (bicyclic) bond motifs is 1. The van der Waals surface area contributed by atoms with Crippen LogP contribution in [-0.4, -0.2) is 46.8 Å². The zero-order chi connectivity index (χ0) is 18.7. The second-order valence-corrected chi connectivity index (χ2v) is 6.44. The topological polar surface area (TPSA) is 73.7 Å². The average Bonchev–Trinajstić information content (AvgIpc) is 2.93. The number of nitrogens with zero attached hydrogens (tertiary/aromatic N) is 3. The van der Waals surface area contributed by atoms with Crippen molar-refractivity contribution in [3.05, 3.63) is 46.8 Å². The molecule has 1 aliphatic rings. The third-order valence-corrected chi connectivity index (χ3v) is 4.60. The van der Waals surface area contributed by atoms with Crippen LogP contribution in [0.25, 0.3) is 0 Å². The summed E-state index contributed by atoms with van der Waals surface area (Å²) in [6.45, 7) is 5.73. The van der Waals surface area contributed by atoms with E-state index >= 15 is 0 Å². The minimum absolute atomic E-state index is 0.0134. The summed E-state index contributed by atoms with van der Waals surface area (Å²) >= 11 is 0. The van der Waals surface area contributed by atoms with E-state index in [0.29, 0.717) is 25.4 Å². The maximum atomic E-state index is 12.6. The fourth-order valence-corrected chi connectivity index (χ4v) is 2.92. The smallest absolute Gasteiger partial charge is 0.358 e. The maximum Gasteiger partial charge on any atom is 0.358 e. The van der Waals surface area contributed by atoms with E-state index in [9.17, 15) is 9.59 Å². The summed E-state index contributed by atoms with van der Waals surface area (Å²) in [4.78, 5) is 25.9. The van der Waals surface area contributed by atoms with Gasteiger partial charge in [-0.3, -0.25) is 9.48 Å². The largest absolute Gasteiger partial charge is 0.484 e. The molecule has 2 heterocycles. The van der Waals surface area contributed by atoms with E-state index < -0.39 is 5.97 Å². The van der Waals surface area contributed by atoms with Crippen LogP contribution in [0.4, 0.5) is 0 Å². The number of carbonyl (C=O) groups excluding carboxylic acids is 2. The second kappa shape index (κ2) is 7.59. The van der Waals surface area contributed by atoms with Gasteiger partial charge in [0, 0.05) is 13.1 Å². The number of esters is 1. The number of methoxy groups -OCH3 is 1. The molecule has 3 rings (SSSR count). The fourth-order valence-electron chi connectivity index (χ4n) is 2.92. The number of ether oxygens (including phenoxy) is 2. The van der Waals surface area contributed by atoms with E-state index in [1.54, 1.807) is 15.6 Å². The molecule has 0 atom stereocenters. The van der Waals surface area contributed by atoms with Gasteiger partial charge in [-0.25, -0.2) is 4.79 Å². The molecule has 0 radical (unpaired) electrons. The number of aryl methyl sites for hydroxylation is 3. The van der Waals surface area contributed by atoms with Crippen LogP contribution in [0, 0.1) is 13.8 Å². The molecule has 1 aromatic heterocycles. The van der Waals surface area contributed by atoms with E-state index in [-0.39, 0.29) is 18.2 Å². The molecule has 1 amide bonds. The number of carbonyl (C=O) groups is 2. The zero-order valence-corrected chi connectivity index (χ0v) is 15.3. The molecule has 0 fully saturated rings. The third-order valence-electron chi connectivity index (χ3n) is 4.60. The van der Waals surface area contributed by atoms with Crippen LogP contribution in [0.1, 0.15) is 33.7 Å². The van der Waals surface area contributed by atoms with Crippen LogP contribution in [0.15, 0.2) is 24.3 Å². The lowest BCUT2D eigenvalue weighted by Gasteiger charge is -2.20. The molecule has 1 aromatic carbocycles. The normalized spacial score (nSPS) is 13.7. The molecule has 0 saturated heterocycles. The lowest BCUT2D eigenvalue weighted by Crippen LogP contribution is -2.34. The zero-order valence-electron chi connectivity index (χ0n) is 15.3. The molecule has 0 bridgehead atoms. The highest BCUT2D eigenvalue weighted by Crippen LogP contribution is 2.18. The number of aromatic nitrogens is 2. The van der Waals surface area contributed by atoms with Gasteiger partial charge in [0.25, 0.3) is 5.91 Å². The SMILES string of the molecule is COC(=O)c1cc2n(n1)CCCN(C(=O)COc1ccc(C)c(C)c1)C2. The van der Waals surface area contributed by atoms with Crippen LogP contribution >= 0.6 is 0 Å². The van der Waals surface area contributed by atoms with Gasteiger partial charge < -0.3 is 14.4 Å². The summed E-state index contributed by atoms with van der Waals surface area (Å²) in [7, 11) is 1.33. The molecular formula is C19H23N3O4. The van der Waals surface area contributed by atoms with Gasteiger partial charge in [0.15, 0.2) is 12.3 Å². The molecule has 0 saturated carbocycles. The van der Waals surface area contributed by atoms with Gasteiger partial charge in [-0.1, -0.05) is 6.07 Å². The first-order chi connectivity index (χ1) is 12.5. The second-order valence-electron chi connectivity index (χ2n) is 6.44. The molecule has 138 valence electrons. The van der Waals surface area contributed by atoms with E-state index in [1.807, 2.05) is 32.0 Å². The Kier molecular flexibility index (Phi) is 5.25. The van der Waals surface area contributed by atoms with Crippen LogP contribution in [-0.2, 0) is 22.6 Å². The third kappa shape index (κ3) is 3.87. The van der Waals surface area contributed by atoms with Crippen molar-refractivity contribution in [3.8, 4) is 5.75 Å². The summed E-state index contributed by atoms with van der Waals surface area (Å²) < 4.78 is 12.1. The number of benzene rings is 1. The Bertz CT molecular complexity index is 828. The summed E-state index contributed by atoms with van der Waals surface area (Å²) in [5.74, 6) is 0.133. The van der Waals surface area contributed by atoms with Gasteiger partial charge in [-0.05, 0) is 49.6 Å². The molecule has 7 nitrogen and oxygen atoms in total. The number of rotatable bonds is 4. The number of hydrogen-bond donors (Lipinski definition) is 0. The molecule has 0 spiro atoms. The van der Waals surface area contributed by atoms with Crippen molar-refractivity contribution in [2.75, 3.05) is 20.3 Å². The molecule has 26 heavy (non-hydrogen) atoms. The number of amides is 1. The van der Waals surface area contributed by atoms with E-state index in [0.717, 1.165) is 17.7 Å². The summed E-state index contributed by atoms with van der Waals surface area (Å²) in [5.41, 5.74) is 3.40. The fraction of sp³-hybridized carbons (Fsp3) is 0.421. The quantitative estimate of drug-likeness (QED) is 0.784. The molecule has 1 aliphatic heterocycles. The molecule has 0 N–H and O–H groups in total. The minimum atomic E-state index is -0.471. The van der Waals surface area contributed by atoms with Gasteiger partial charge in [-0.2, -0.15) is 5.10 Å². The van der Waals surface area contributed by atoms with E-state index in [4.69, 9.17) is 9.47 Å². The average molecular weight is 357 g/mol. The summed E-state index contributed by atoms with van der Waals surface area (Å²) in [6.07, 6.45) is 0.769. The van der Waals surface area contributed by atoms with Crippen LogP contribution in [0.5, 0.6) is 5.75 Å². The van der Waals surface area contributed by atoms with Crippen molar-refractivity contribution in [1.29, 1.82) is 0 Å². The van der Waals surface area contributed by atoms with Crippen molar-refractivity contribution in [2.45, 2.75) is 33.4 Å². The first kappa shape index (κ1) is 18.0. The first-order valence-corrected chi connectivity index (χ1v) is 8.61. The van der Waals surface area contributed by atoms with Crippen molar-refractivity contribution in [1.82, 2.24) is 14.7 Å². The Morgan fingerprint density at radius 2 is 1.96 bits per heavy atom. The molecular weight excluding hydrogens is 334 g/mol. The van der Waals surface area contributed by atoms with E-state index in [2.05, 4.69) is 5.10 Å². The van der Waals surface area contributed by atoms with Gasteiger partial charge >= 0.3 is 5.97 Å². The van der Waals surface area contributed by atoms with Crippen molar-refractivity contribution >= 4 is 11.9 Å². The molecule has 0 unspecified atom stereocenters. The van der Waals surface area contributed by atoms with Crippen molar-refractivity contribution in [2.24, 2.45) is 0 Å². The van der Waals surface area contributed by atoms with Crippen LogP contribution in [0.2, 0.25) is 0 Å². The van der Waals surface area contributed by atoms with Gasteiger partial charge in [0.2, 0.25) is 0 Å². The Balaban J connectivity index is 1.65. The predicted octanol–water partition coefficient (Wildman–Crippen LogP) is 2.10. The lowest BCUT2D eigenvalue weighted by atomic mass is 10.1. The molecule has 2 aromatic rings. The highest BCUT2D eigenvalue weighted by molar-refractivity contribution is 5.87. The standard InChI is InChI=1S/C19H23N3O4/c1-13-5-6-16(9-14(13)2)26-12-18(23)21-7-4-8-22-15(11-21)10-17(20-22)19(24)25-3/h5-6,9-10H,4,7-8,11-12H2,1-3H3. The van der Waals surface area contributed by atoms with Gasteiger partial charge in [0.05, 0.1) is 19.3 Å². The van der Waals surface area contributed by atoms with Crippen molar-refractivity contribution < 1.29 is 19.1 Å². The summed E-state index contributed by atoms with van der Waals surface area (Å²) in [5, 5.41) is 4.26. The molecule has 7 heteroatoms. The minimum Gasteiger partial charge on any atom is -0.484 e. The Morgan fingerprint density at radius 1 is 1.15 bits per heavy atom. The lowest BCUT2D eigenvalue weighted by molar-refractivity contribution is -0.134. The van der Waals surface area contributed by atoms with E-state index in [1.165, 1.54) is 12.7 Å². The highest BCUT2D eigenvalue weighted by Gasteiger charge is 2.23. The highest BCUT2D eigenvalue weighted by atomic mass is 16.5. The Labute approximate surface area is 152 Å². The summed E-state index contributed by atoms with van der Waals surface area (Å²) in [6, 6.07) is 7.47. The van der Waals surface area contributed by atoms with Gasteiger partial charge in [-0.15, -0.1) is 0 Å². The Morgan fingerprint density at radius 3 is 2.69 bits per heavy atom. The number of hydrogen-bond acceptors (Lipinski definition) is 5. The predicted molar refractivity (Wildman–Crippen MR) is 95.0 cm³/mol.